The number of ether oxygens (including phenoxy) is 1. The second kappa shape index (κ2) is 38.3. The standard InChI is InChI=1S/C43H76NO10P/c1-3-5-7-9-11-13-15-17-18-19-20-21-23-25-27-29-31-33-35-42(47)52-36-39(45)37-53-55(50,51)54-38-40(43(48)49)44-41(46)34-32-30-28-26-24-22-16-14-12-10-8-6-4-2/h8,10,13-16,18-19,39-40,45H,3-7,9,11-12,17,20-38H2,1-2H3,(H,44,46)(H,48,49)(H,50,51)/b10-8-,15-13-,16-14-,19-18-. The molecule has 0 aliphatic heterocycles. The molecule has 1 amide bonds. The maximum absolute atomic E-state index is 12.3. The summed E-state index contributed by atoms with van der Waals surface area (Å²) in [6, 6.07) is -1.55. The number of aliphatic hydroxyl groups is 1. The molecule has 4 N–H and O–H groups in total. The number of unbranched alkanes of at least 4 members (excludes halogenated alkanes) is 17. The molecule has 0 aromatic heterocycles. The Morgan fingerprint density at radius 3 is 1.55 bits per heavy atom. The molecule has 0 saturated carbocycles. The Morgan fingerprint density at radius 2 is 1.04 bits per heavy atom. The van der Waals surface area contributed by atoms with E-state index in [0.717, 1.165) is 83.5 Å². The van der Waals surface area contributed by atoms with Crippen LogP contribution in [0.5, 0.6) is 0 Å². The lowest BCUT2D eigenvalue weighted by Gasteiger charge is -2.18. The molecule has 0 aliphatic rings. The van der Waals surface area contributed by atoms with E-state index in [-0.39, 0.29) is 12.8 Å². The van der Waals surface area contributed by atoms with Gasteiger partial charge in [0.15, 0.2) is 6.04 Å². The van der Waals surface area contributed by atoms with Crippen molar-refractivity contribution in [3.05, 3.63) is 48.6 Å². The molecule has 3 unspecified atom stereocenters. The Hall–Kier alpha value is -2.56. The zero-order valence-corrected chi connectivity index (χ0v) is 35.1. The summed E-state index contributed by atoms with van der Waals surface area (Å²) in [4.78, 5) is 45.8. The van der Waals surface area contributed by atoms with Crippen LogP contribution >= 0.6 is 7.82 Å². The smallest absolute Gasteiger partial charge is 0.472 e. The third kappa shape index (κ3) is 38.1. The highest BCUT2D eigenvalue weighted by atomic mass is 31.2. The van der Waals surface area contributed by atoms with E-state index >= 15 is 0 Å². The van der Waals surface area contributed by atoms with Gasteiger partial charge < -0.3 is 25.2 Å². The highest BCUT2D eigenvalue weighted by molar-refractivity contribution is 7.47. The van der Waals surface area contributed by atoms with Gasteiger partial charge in [-0.1, -0.05) is 140 Å². The monoisotopic (exact) mass is 798 g/mol. The molecule has 12 heteroatoms. The number of carboxylic acid groups (broad SMARTS) is 1. The number of amides is 1. The van der Waals surface area contributed by atoms with Gasteiger partial charge in [0.1, 0.15) is 12.7 Å². The van der Waals surface area contributed by atoms with Crippen molar-refractivity contribution in [3.8, 4) is 0 Å². The molecule has 0 fully saturated rings. The van der Waals surface area contributed by atoms with Crippen molar-refractivity contribution in [2.24, 2.45) is 0 Å². The summed E-state index contributed by atoms with van der Waals surface area (Å²) in [5.41, 5.74) is 0. The molecule has 0 radical (unpaired) electrons. The van der Waals surface area contributed by atoms with Crippen molar-refractivity contribution in [2.45, 2.75) is 187 Å². The van der Waals surface area contributed by atoms with Crippen LogP contribution in [-0.2, 0) is 32.7 Å². The Morgan fingerprint density at radius 1 is 0.582 bits per heavy atom. The minimum absolute atomic E-state index is 0.127. The third-order valence-corrected chi connectivity index (χ3v) is 9.77. The summed E-state index contributed by atoms with van der Waals surface area (Å²) in [5.74, 6) is -2.41. The van der Waals surface area contributed by atoms with Crippen LogP contribution in [0, 0.1) is 0 Å². The van der Waals surface area contributed by atoms with Crippen LogP contribution < -0.4 is 5.32 Å². The predicted molar refractivity (Wildman–Crippen MR) is 222 cm³/mol. The van der Waals surface area contributed by atoms with E-state index < -0.39 is 57.6 Å². The number of allylic oxidation sites excluding steroid dienone is 8. The molecule has 0 aromatic carbocycles. The topological polar surface area (TPSA) is 169 Å². The largest absolute Gasteiger partial charge is 0.480 e. The summed E-state index contributed by atoms with van der Waals surface area (Å²) in [7, 11) is -4.76. The second-order valence-corrected chi connectivity index (χ2v) is 15.6. The van der Waals surface area contributed by atoms with E-state index in [1.807, 2.05) is 0 Å². The Kier molecular flexibility index (Phi) is 36.5. The lowest BCUT2D eigenvalue weighted by molar-refractivity contribution is -0.147. The number of rotatable bonds is 39. The molecule has 0 aromatic rings. The number of hydrogen-bond acceptors (Lipinski definition) is 8. The highest BCUT2D eigenvalue weighted by Crippen LogP contribution is 2.43. The molecule has 3 atom stereocenters. The maximum atomic E-state index is 12.3. The van der Waals surface area contributed by atoms with Crippen molar-refractivity contribution < 1.29 is 47.8 Å². The first-order valence-corrected chi connectivity index (χ1v) is 22.7. The molecule has 0 bridgehead atoms. The molecule has 0 heterocycles. The fraction of sp³-hybridized carbons (Fsp3) is 0.744. The Balaban J connectivity index is 3.93. The van der Waals surface area contributed by atoms with Gasteiger partial charge in [-0.15, -0.1) is 0 Å². The fourth-order valence-corrected chi connectivity index (χ4v) is 6.27. The molecular weight excluding hydrogens is 721 g/mol. The van der Waals surface area contributed by atoms with Gasteiger partial charge in [0.2, 0.25) is 5.91 Å². The highest BCUT2D eigenvalue weighted by Gasteiger charge is 2.28. The number of carbonyl (C=O) groups excluding carboxylic acids is 2. The van der Waals surface area contributed by atoms with Crippen LogP contribution in [0.4, 0.5) is 0 Å². The van der Waals surface area contributed by atoms with Gasteiger partial charge in [0.25, 0.3) is 0 Å². The van der Waals surface area contributed by atoms with Crippen molar-refractivity contribution in [3.63, 3.8) is 0 Å². The fourth-order valence-electron chi connectivity index (χ4n) is 5.50. The van der Waals surface area contributed by atoms with Crippen LogP contribution in [0.15, 0.2) is 48.6 Å². The number of carbonyl (C=O) groups is 3. The van der Waals surface area contributed by atoms with Crippen molar-refractivity contribution in [1.82, 2.24) is 5.32 Å². The molecular formula is C43H76NO10P. The molecule has 0 aliphatic carbocycles. The first kappa shape index (κ1) is 52.4. The number of carboxylic acids is 1. The molecule has 11 nitrogen and oxygen atoms in total. The van der Waals surface area contributed by atoms with Crippen LogP contribution in [0.1, 0.15) is 174 Å². The van der Waals surface area contributed by atoms with Gasteiger partial charge in [0, 0.05) is 12.8 Å². The molecule has 0 spiro atoms. The van der Waals surface area contributed by atoms with Crippen LogP contribution in [0.25, 0.3) is 0 Å². The normalized spacial score (nSPS) is 14.3. The van der Waals surface area contributed by atoms with Gasteiger partial charge in [-0.25, -0.2) is 9.36 Å². The number of aliphatic hydroxyl groups excluding tert-OH is 1. The van der Waals surface area contributed by atoms with Crippen LogP contribution in [-0.4, -0.2) is 64.9 Å². The average Bonchev–Trinajstić information content (AvgIpc) is 3.16. The van der Waals surface area contributed by atoms with Gasteiger partial charge >= 0.3 is 19.8 Å². The minimum atomic E-state index is -4.76. The first-order valence-electron chi connectivity index (χ1n) is 21.2. The van der Waals surface area contributed by atoms with E-state index in [0.29, 0.717) is 12.8 Å². The predicted octanol–water partition coefficient (Wildman–Crippen LogP) is 10.6. The van der Waals surface area contributed by atoms with Crippen molar-refractivity contribution in [2.75, 3.05) is 19.8 Å². The zero-order chi connectivity index (χ0) is 40.7. The van der Waals surface area contributed by atoms with E-state index in [4.69, 9.17) is 13.8 Å². The number of hydrogen-bond donors (Lipinski definition) is 4. The molecule has 55 heavy (non-hydrogen) atoms. The summed E-state index contributed by atoms with van der Waals surface area (Å²) in [5, 5.41) is 21.8. The van der Waals surface area contributed by atoms with Gasteiger partial charge in [-0.3, -0.25) is 18.6 Å². The SMILES string of the molecule is CCC/C=C\C/C=C\CCCCCCCC(=O)NC(COP(=O)(O)OCC(O)COC(=O)CCCCCCCCC/C=C\C/C=C\CCCCCC)C(=O)O. The second-order valence-electron chi connectivity index (χ2n) is 14.2. The van der Waals surface area contributed by atoms with Crippen LogP contribution in [0.2, 0.25) is 0 Å². The number of phosphoric acid groups is 1. The summed E-state index contributed by atoms with van der Waals surface area (Å²) in [6.07, 6.45) is 41.3. The molecule has 0 saturated heterocycles. The van der Waals surface area contributed by atoms with E-state index in [2.05, 4.69) is 67.8 Å². The lowest BCUT2D eigenvalue weighted by Crippen LogP contribution is -2.43. The summed E-state index contributed by atoms with van der Waals surface area (Å²) >= 11 is 0. The van der Waals surface area contributed by atoms with Crippen LogP contribution in [0.3, 0.4) is 0 Å². The van der Waals surface area contributed by atoms with E-state index in [9.17, 15) is 34.1 Å². The summed E-state index contributed by atoms with van der Waals surface area (Å²) < 4.78 is 26.8. The van der Waals surface area contributed by atoms with Gasteiger partial charge in [-0.05, 0) is 70.6 Å². The van der Waals surface area contributed by atoms with Crippen molar-refractivity contribution >= 4 is 25.7 Å². The quantitative estimate of drug-likeness (QED) is 0.0203. The van der Waals surface area contributed by atoms with E-state index in [1.165, 1.54) is 51.4 Å². The molecule has 318 valence electrons. The Bertz CT molecular complexity index is 1120. The Labute approximate surface area is 333 Å². The average molecular weight is 798 g/mol. The maximum Gasteiger partial charge on any atom is 0.472 e. The lowest BCUT2D eigenvalue weighted by atomic mass is 10.1. The zero-order valence-electron chi connectivity index (χ0n) is 34.2. The molecule has 0 rings (SSSR count). The number of aliphatic carboxylic acids is 1. The van der Waals surface area contributed by atoms with Gasteiger partial charge in [0.05, 0.1) is 13.2 Å². The first-order chi connectivity index (χ1) is 26.6. The van der Waals surface area contributed by atoms with Crippen molar-refractivity contribution in [1.29, 1.82) is 0 Å². The summed E-state index contributed by atoms with van der Waals surface area (Å²) in [6.45, 7) is 2.48. The number of nitrogens with one attached hydrogen (secondary N) is 1. The third-order valence-electron chi connectivity index (χ3n) is 8.82. The number of esters is 1. The number of phosphoric ester groups is 1. The minimum Gasteiger partial charge on any atom is -0.480 e. The van der Waals surface area contributed by atoms with Gasteiger partial charge in [-0.2, -0.15) is 0 Å². The van der Waals surface area contributed by atoms with E-state index in [1.54, 1.807) is 0 Å².